The summed E-state index contributed by atoms with van der Waals surface area (Å²) in [5.74, 6) is 0.00685. The van der Waals surface area contributed by atoms with E-state index < -0.39 is 5.66 Å². The average molecular weight is 200 g/mol. The third-order valence-electron chi connectivity index (χ3n) is 2.27. The Balaban J connectivity index is 3.54. The van der Waals surface area contributed by atoms with Gasteiger partial charge in [-0.3, -0.25) is 4.79 Å². The molecule has 0 aliphatic carbocycles. The number of Topliss-reactive ketones (excluding diaryl/α,β-unsaturated/α-hetero) is 2. The second kappa shape index (κ2) is 5.88. The van der Waals surface area contributed by atoms with Gasteiger partial charge in [-0.2, -0.15) is 0 Å². The van der Waals surface area contributed by atoms with Crippen LogP contribution in [0.2, 0.25) is 0 Å². The lowest BCUT2D eigenvalue weighted by atomic mass is 9.99. The number of unbranched alkanes of at least 4 members (excludes halogenated alkanes) is 2. The van der Waals surface area contributed by atoms with Gasteiger partial charge in [0.05, 0.1) is 0 Å². The highest BCUT2D eigenvalue weighted by molar-refractivity contribution is 5.84. The van der Waals surface area contributed by atoms with Crippen molar-refractivity contribution in [2.24, 2.45) is 11.5 Å². The van der Waals surface area contributed by atoms with Crippen LogP contribution in [0.5, 0.6) is 0 Å². The lowest BCUT2D eigenvalue weighted by Gasteiger charge is -2.20. The fraction of sp³-hybridized carbons (Fsp3) is 0.800. The lowest BCUT2D eigenvalue weighted by Crippen LogP contribution is -2.55. The van der Waals surface area contributed by atoms with Crippen LogP contribution in [0.15, 0.2) is 0 Å². The first-order valence-electron chi connectivity index (χ1n) is 4.94. The number of hydrogen-bond acceptors (Lipinski definition) is 4. The highest BCUT2D eigenvalue weighted by atomic mass is 16.1. The van der Waals surface area contributed by atoms with Crippen molar-refractivity contribution in [1.29, 1.82) is 0 Å². The SMILES string of the molecule is CC(=O)CCCCCC(N)(N)C(C)=O. The molecule has 0 amide bonds. The van der Waals surface area contributed by atoms with Crippen LogP contribution >= 0.6 is 0 Å². The van der Waals surface area contributed by atoms with E-state index in [2.05, 4.69) is 0 Å². The lowest BCUT2D eigenvalue weighted by molar-refractivity contribution is -0.122. The number of carbonyl (C=O) groups is 2. The van der Waals surface area contributed by atoms with E-state index in [0.717, 1.165) is 19.3 Å². The number of nitrogens with two attached hydrogens (primary N) is 2. The van der Waals surface area contributed by atoms with Crippen LogP contribution in [0, 0.1) is 0 Å². The molecule has 0 saturated carbocycles. The molecule has 0 aromatic carbocycles. The molecule has 0 aromatic rings. The van der Waals surface area contributed by atoms with Gasteiger partial charge in [0, 0.05) is 6.42 Å². The maximum atomic E-state index is 10.9. The molecule has 0 bridgehead atoms. The summed E-state index contributed by atoms with van der Waals surface area (Å²) < 4.78 is 0. The molecule has 0 fully saturated rings. The molecule has 0 radical (unpaired) electrons. The number of carbonyl (C=O) groups excluding carboxylic acids is 2. The second-order valence-corrected chi connectivity index (χ2v) is 3.86. The maximum Gasteiger partial charge on any atom is 0.163 e. The van der Waals surface area contributed by atoms with Crippen LogP contribution in [0.4, 0.5) is 0 Å². The topological polar surface area (TPSA) is 86.2 Å². The quantitative estimate of drug-likeness (QED) is 0.468. The predicted octanol–water partition coefficient (Wildman–Crippen LogP) is 0.729. The molecular weight excluding hydrogens is 180 g/mol. The smallest absolute Gasteiger partial charge is 0.163 e. The molecular formula is C10H20N2O2. The summed E-state index contributed by atoms with van der Waals surface area (Å²) in [5, 5.41) is 0. The fourth-order valence-electron chi connectivity index (χ4n) is 1.14. The van der Waals surface area contributed by atoms with Crippen LogP contribution in [0.3, 0.4) is 0 Å². The highest BCUT2D eigenvalue weighted by Gasteiger charge is 2.23. The van der Waals surface area contributed by atoms with E-state index in [-0.39, 0.29) is 11.6 Å². The molecule has 0 aliphatic rings. The molecule has 0 spiro atoms. The Morgan fingerprint density at radius 2 is 1.64 bits per heavy atom. The minimum atomic E-state index is -1.18. The first-order chi connectivity index (χ1) is 6.36. The first-order valence-corrected chi connectivity index (χ1v) is 4.94. The Hall–Kier alpha value is -0.740. The van der Waals surface area contributed by atoms with Crippen LogP contribution in [-0.4, -0.2) is 17.2 Å². The molecule has 0 aliphatic heterocycles. The van der Waals surface area contributed by atoms with Crippen molar-refractivity contribution in [3.8, 4) is 0 Å². The largest absolute Gasteiger partial charge is 0.307 e. The minimum Gasteiger partial charge on any atom is -0.307 e. The predicted molar refractivity (Wildman–Crippen MR) is 55.6 cm³/mol. The third kappa shape index (κ3) is 5.83. The molecule has 4 heteroatoms. The molecule has 0 atom stereocenters. The van der Waals surface area contributed by atoms with E-state index >= 15 is 0 Å². The van der Waals surface area contributed by atoms with E-state index in [1.165, 1.54) is 6.92 Å². The van der Waals surface area contributed by atoms with Crippen molar-refractivity contribution in [2.75, 3.05) is 0 Å². The summed E-state index contributed by atoms with van der Waals surface area (Å²) in [7, 11) is 0. The molecule has 0 saturated heterocycles. The number of ketones is 2. The van der Waals surface area contributed by atoms with E-state index in [1.54, 1.807) is 6.92 Å². The van der Waals surface area contributed by atoms with Gasteiger partial charge in [0.2, 0.25) is 0 Å². The number of hydrogen-bond donors (Lipinski definition) is 2. The second-order valence-electron chi connectivity index (χ2n) is 3.86. The van der Waals surface area contributed by atoms with Crippen LogP contribution in [0.25, 0.3) is 0 Å². The van der Waals surface area contributed by atoms with E-state index in [9.17, 15) is 9.59 Å². The summed E-state index contributed by atoms with van der Waals surface area (Å²) in [6, 6.07) is 0. The average Bonchev–Trinajstić information content (AvgIpc) is 2.02. The minimum absolute atomic E-state index is 0.191. The summed E-state index contributed by atoms with van der Waals surface area (Å²) in [6.45, 7) is 2.97. The summed E-state index contributed by atoms with van der Waals surface area (Å²) in [4.78, 5) is 21.5. The zero-order chi connectivity index (χ0) is 11.2. The van der Waals surface area contributed by atoms with Gasteiger partial charge in [0.1, 0.15) is 11.4 Å². The van der Waals surface area contributed by atoms with Gasteiger partial charge in [0.15, 0.2) is 5.78 Å². The molecule has 0 rings (SSSR count). The molecule has 0 unspecified atom stereocenters. The van der Waals surface area contributed by atoms with Gasteiger partial charge < -0.3 is 16.3 Å². The standard InChI is InChI=1S/C10H20N2O2/c1-8(13)6-4-3-5-7-10(11,12)9(2)14/h3-7,11-12H2,1-2H3. The third-order valence-corrected chi connectivity index (χ3v) is 2.27. The van der Waals surface area contributed by atoms with Crippen molar-refractivity contribution >= 4 is 11.6 Å². The highest BCUT2D eigenvalue weighted by Crippen LogP contribution is 2.09. The Kier molecular flexibility index (Phi) is 5.57. The Labute approximate surface area is 85.0 Å². The zero-order valence-corrected chi connectivity index (χ0v) is 9.01. The van der Waals surface area contributed by atoms with Crippen molar-refractivity contribution in [1.82, 2.24) is 0 Å². The first kappa shape index (κ1) is 13.3. The molecule has 4 N–H and O–H groups in total. The van der Waals surface area contributed by atoms with Crippen LogP contribution in [0.1, 0.15) is 46.0 Å². The Bertz CT molecular complexity index is 212. The number of rotatable bonds is 7. The Morgan fingerprint density at radius 1 is 1.07 bits per heavy atom. The zero-order valence-electron chi connectivity index (χ0n) is 9.01. The normalized spacial score (nSPS) is 11.4. The van der Waals surface area contributed by atoms with Gasteiger partial charge in [0.25, 0.3) is 0 Å². The van der Waals surface area contributed by atoms with Gasteiger partial charge in [-0.15, -0.1) is 0 Å². The van der Waals surface area contributed by atoms with E-state index in [4.69, 9.17) is 11.5 Å². The molecule has 4 nitrogen and oxygen atoms in total. The van der Waals surface area contributed by atoms with Gasteiger partial charge in [-0.25, -0.2) is 0 Å². The van der Waals surface area contributed by atoms with Gasteiger partial charge >= 0.3 is 0 Å². The van der Waals surface area contributed by atoms with Crippen LogP contribution in [-0.2, 0) is 9.59 Å². The monoisotopic (exact) mass is 200 g/mol. The van der Waals surface area contributed by atoms with Gasteiger partial charge in [-0.05, 0) is 33.1 Å². The van der Waals surface area contributed by atoms with Gasteiger partial charge in [-0.1, -0.05) is 6.42 Å². The van der Waals surface area contributed by atoms with E-state index in [1.807, 2.05) is 0 Å². The summed E-state index contributed by atoms with van der Waals surface area (Å²) in [5.41, 5.74) is 9.94. The molecule has 0 aromatic heterocycles. The molecule has 0 heterocycles. The van der Waals surface area contributed by atoms with Crippen molar-refractivity contribution in [3.63, 3.8) is 0 Å². The maximum absolute atomic E-state index is 10.9. The fourth-order valence-corrected chi connectivity index (χ4v) is 1.14. The molecule has 82 valence electrons. The molecule has 14 heavy (non-hydrogen) atoms. The summed E-state index contributed by atoms with van der Waals surface area (Å²) >= 11 is 0. The Morgan fingerprint density at radius 3 is 2.07 bits per heavy atom. The van der Waals surface area contributed by atoms with Crippen molar-refractivity contribution in [2.45, 2.75) is 51.6 Å². The van der Waals surface area contributed by atoms with Crippen molar-refractivity contribution < 1.29 is 9.59 Å². The van der Waals surface area contributed by atoms with Crippen molar-refractivity contribution in [3.05, 3.63) is 0 Å². The van der Waals surface area contributed by atoms with Crippen LogP contribution < -0.4 is 11.5 Å². The summed E-state index contributed by atoms with van der Waals surface area (Å²) in [6.07, 6.45) is 3.62. The van der Waals surface area contributed by atoms with E-state index in [0.29, 0.717) is 12.8 Å².